The molecule has 0 bridgehead atoms. The summed E-state index contributed by atoms with van der Waals surface area (Å²) in [7, 11) is 1.87. The van der Waals surface area contributed by atoms with Crippen molar-refractivity contribution in [2.24, 2.45) is 0 Å². The third-order valence-corrected chi connectivity index (χ3v) is 4.41. The molecule has 0 saturated heterocycles. The Balaban J connectivity index is 1.83. The molecule has 0 aliphatic rings. The quantitative estimate of drug-likeness (QED) is 0.650. The number of rotatable bonds is 5. The summed E-state index contributed by atoms with van der Waals surface area (Å²) < 4.78 is 0. The van der Waals surface area contributed by atoms with Crippen LogP contribution in [0.15, 0.2) is 42.5 Å². The van der Waals surface area contributed by atoms with Gasteiger partial charge in [0, 0.05) is 34.5 Å². The van der Waals surface area contributed by atoms with E-state index in [0.717, 1.165) is 23.2 Å². The van der Waals surface area contributed by atoms with Crippen molar-refractivity contribution in [2.45, 2.75) is 13.3 Å². The highest BCUT2D eigenvalue weighted by atomic mass is 35.5. The smallest absolute Gasteiger partial charge is 0.243 e. The molecule has 0 saturated carbocycles. The van der Waals surface area contributed by atoms with Gasteiger partial charge in [0.15, 0.2) is 5.65 Å². The van der Waals surface area contributed by atoms with E-state index in [9.17, 15) is 4.79 Å². The number of fused-ring (bicyclic) bond motifs is 1. The summed E-state index contributed by atoms with van der Waals surface area (Å²) in [6.45, 7) is 2.21. The van der Waals surface area contributed by atoms with Gasteiger partial charge in [-0.3, -0.25) is 4.79 Å². The molecule has 1 aromatic carbocycles. The molecule has 0 radical (unpaired) electrons. The van der Waals surface area contributed by atoms with Gasteiger partial charge >= 0.3 is 0 Å². The molecule has 0 atom stereocenters. The number of aryl methyl sites for hydroxylation is 1. The SMILES string of the molecule is CCc1cc(N(C)CC(=O)Nc2ccc(Cl)cc2)c2ccc(Cl)nc2n1. The van der Waals surface area contributed by atoms with Crippen LogP contribution in [0, 0.1) is 0 Å². The van der Waals surface area contributed by atoms with Crippen LogP contribution in [0.3, 0.4) is 0 Å². The first-order valence-corrected chi connectivity index (χ1v) is 8.94. The fourth-order valence-electron chi connectivity index (χ4n) is 2.65. The molecule has 134 valence electrons. The van der Waals surface area contributed by atoms with Crippen LogP contribution in [0.1, 0.15) is 12.6 Å². The van der Waals surface area contributed by atoms with E-state index >= 15 is 0 Å². The Hall–Kier alpha value is -2.37. The highest BCUT2D eigenvalue weighted by molar-refractivity contribution is 6.30. The van der Waals surface area contributed by atoms with Gasteiger partial charge in [0.05, 0.1) is 6.54 Å². The topological polar surface area (TPSA) is 58.1 Å². The second-order valence-electron chi connectivity index (χ2n) is 5.90. The van der Waals surface area contributed by atoms with Crippen molar-refractivity contribution in [1.82, 2.24) is 9.97 Å². The Morgan fingerprint density at radius 3 is 2.54 bits per heavy atom. The summed E-state index contributed by atoms with van der Waals surface area (Å²) in [5.74, 6) is -0.125. The van der Waals surface area contributed by atoms with Crippen LogP contribution in [0.5, 0.6) is 0 Å². The number of nitrogens with one attached hydrogen (secondary N) is 1. The number of amides is 1. The maximum absolute atomic E-state index is 12.4. The van der Waals surface area contributed by atoms with E-state index in [1.165, 1.54) is 0 Å². The first-order valence-electron chi connectivity index (χ1n) is 8.19. The number of anilines is 2. The maximum atomic E-state index is 12.4. The van der Waals surface area contributed by atoms with Gasteiger partial charge in [-0.05, 0) is 48.9 Å². The normalized spacial score (nSPS) is 10.8. The minimum atomic E-state index is -0.125. The Kier molecular flexibility index (Phi) is 5.59. The van der Waals surface area contributed by atoms with Gasteiger partial charge in [-0.25, -0.2) is 9.97 Å². The summed E-state index contributed by atoms with van der Waals surface area (Å²) in [5.41, 5.74) is 3.07. The predicted octanol–water partition coefficient (Wildman–Crippen LogP) is 4.57. The van der Waals surface area contributed by atoms with Crippen molar-refractivity contribution in [3.05, 3.63) is 58.3 Å². The molecule has 0 fully saturated rings. The molecule has 26 heavy (non-hydrogen) atoms. The fourth-order valence-corrected chi connectivity index (χ4v) is 2.91. The van der Waals surface area contributed by atoms with E-state index < -0.39 is 0 Å². The number of carbonyl (C=O) groups excluding carboxylic acids is 1. The second-order valence-corrected chi connectivity index (χ2v) is 6.73. The number of pyridine rings is 2. The molecule has 0 aliphatic carbocycles. The molecule has 0 aliphatic heterocycles. The summed E-state index contributed by atoms with van der Waals surface area (Å²) in [4.78, 5) is 23.1. The van der Waals surface area contributed by atoms with Crippen molar-refractivity contribution < 1.29 is 4.79 Å². The third-order valence-electron chi connectivity index (χ3n) is 3.95. The molecule has 7 heteroatoms. The lowest BCUT2D eigenvalue weighted by molar-refractivity contribution is -0.114. The monoisotopic (exact) mass is 388 g/mol. The lowest BCUT2D eigenvalue weighted by Gasteiger charge is -2.21. The number of carbonyl (C=O) groups is 1. The zero-order valence-electron chi connectivity index (χ0n) is 14.5. The van der Waals surface area contributed by atoms with E-state index in [0.29, 0.717) is 21.5 Å². The molecule has 5 nitrogen and oxygen atoms in total. The number of nitrogens with zero attached hydrogens (tertiary/aromatic N) is 3. The highest BCUT2D eigenvalue weighted by Crippen LogP contribution is 2.26. The van der Waals surface area contributed by atoms with Crippen LogP contribution < -0.4 is 10.2 Å². The van der Waals surface area contributed by atoms with Crippen molar-refractivity contribution in [3.8, 4) is 0 Å². The lowest BCUT2D eigenvalue weighted by Crippen LogP contribution is -2.30. The number of hydrogen-bond donors (Lipinski definition) is 1. The minimum absolute atomic E-state index is 0.125. The van der Waals surface area contributed by atoms with Crippen molar-refractivity contribution in [3.63, 3.8) is 0 Å². The summed E-state index contributed by atoms with van der Waals surface area (Å²) >= 11 is 11.9. The average Bonchev–Trinajstić information content (AvgIpc) is 2.62. The molecule has 0 spiro atoms. The Morgan fingerprint density at radius 1 is 1.12 bits per heavy atom. The van der Waals surface area contributed by atoms with Gasteiger partial charge in [0.1, 0.15) is 5.15 Å². The number of likely N-dealkylation sites (N-methyl/N-ethyl adjacent to an activating group) is 1. The summed E-state index contributed by atoms with van der Waals surface area (Å²) in [6.07, 6.45) is 0.766. The molecule has 0 unspecified atom stereocenters. The molecular weight excluding hydrogens is 371 g/mol. The van der Waals surface area contributed by atoms with Gasteiger partial charge in [0.25, 0.3) is 0 Å². The molecule has 1 amide bonds. The van der Waals surface area contributed by atoms with Crippen LogP contribution in [0.25, 0.3) is 11.0 Å². The van der Waals surface area contributed by atoms with Gasteiger partial charge in [0.2, 0.25) is 5.91 Å². The number of halogens is 2. The van der Waals surface area contributed by atoms with Gasteiger partial charge in [-0.15, -0.1) is 0 Å². The number of benzene rings is 1. The molecular formula is C19H18Cl2N4O. The van der Waals surface area contributed by atoms with E-state index in [2.05, 4.69) is 15.3 Å². The fraction of sp³-hybridized carbons (Fsp3) is 0.211. The average molecular weight is 389 g/mol. The van der Waals surface area contributed by atoms with E-state index in [4.69, 9.17) is 23.2 Å². The van der Waals surface area contributed by atoms with Crippen molar-refractivity contribution >= 4 is 51.5 Å². The van der Waals surface area contributed by atoms with Gasteiger partial charge in [-0.2, -0.15) is 0 Å². The first kappa shape index (κ1) is 18.4. The standard InChI is InChI=1S/C19H18Cl2N4O/c1-3-13-10-16(15-8-9-17(21)24-19(15)23-13)25(2)11-18(26)22-14-6-4-12(20)5-7-14/h4-10H,3,11H2,1-2H3,(H,22,26). The van der Waals surface area contributed by atoms with Crippen LogP contribution in [0.4, 0.5) is 11.4 Å². The van der Waals surface area contributed by atoms with Gasteiger partial charge in [-0.1, -0.05) is 30.1 Å². The zero-order valence-corrected chi connectivity index (χ0v) is 16.0. The van der Waals surface area contributed by atoms with Crippen LogP contribution >= 0.6 is 23.2 Å². The van der Waals surface area contributed by atoms with Gasteiger partial charge < -0.3 is 10.2 Å². The van der Waals surface area contributed by atoms with Crippen LogP contribution in [0.2, 0.25) is 10.2 Å². The third kappa shape index (κ3) is 4.23. The minimum Gasteiger partial charge on any atom is -0.365 e. The number of hydrogen-bond acceptors (Lipinski definition) is 4. The molecule has 2 aromatic heterocycles. The maximum Gasteiger partial charge on any atom is 0.243 e. The molecule has 1 N–H and O–H groups in total. The molecule has 3 rings (SSSR count). The zero-order chi connectivity index (χ0) is 18.7. The Morgan fingerprint density at radius 2 is 1.85 bits per heavy atom. The number of aromatic nitrogens is 2. The first-order chi connectivity index (χ1) is 12.5. The Labute approximate surface area is 162 Å². The summed E-state index contributed by atoms with van der Waals surface area (Å²) in [5, 5.41) is 4.74. The predicted molar refractivity (Wildman–Crippen MR) is 107 cm³/mol. The van der Waals surface area contributed by atoms with E-state index in [-0.39, 0.29) is 12.5 Å². The van der Waals surface area contributed by atoms with E-state index in [1.807, 2.05) is 31.0 Å². The highest BCUT2D eigenvalue weighted by Gasteiger charge is 2.14. The lowest BCUT2D eigenvalue weighted by atomic mass is 10.2. The van der Waals surface area contributed by atoms with Crippen molar-refractivity contribution in [1.29, 1.82) is 0 Å². The molecule has 2 heterocycles. The van der Waals surface area contributed by atoms with E-state index in [1.54, 1.807) is 30.3 Å². The van der Waals surface area contributed by atoms with Crippen molar-refractivity contribution in [2.75, 3.05) is 23.8 Å². The molecule has 3 aromatic rings. The second kappa shape index (κ2) is 7.89. The van der Waals surface area contributed by atoms with Crippen LogP contribution in [-0.2, 0) is 11.2 Å². The largest absolute Gasteiger partial charge is 0.365 e. The van der Waals surface area contributed by atoms with Crippen LogP contribution in [-0.4, -0.2) is 29.5 Å². The summed E-state index contributed by atoms with van der Waals surface area (Å²) in [6, 6.07) is 12.6. The Bertz CT molecular complexity index is 944.